The summed E-state index contributed by atoms with van der Waals surface area (Å²) in [6.07, 6.45) is 2.58. The highest BCUT2D eigenvalue weighted by molar-refractivity contribution is 5.69. The van der Waals surface area contributed by atoms with Gasteiger partial charge in [0.05, 0.1) is 25.8 Å². The highest BCUT2D eigenvalue weighted by Crippen LogP contribution is 2.41. The number of carbonyl (C=O) groups excluding carboxylic acids is 1. The smallest absolute Gasteiger partial charge is 0.410 e. The number of nitrogens with zero attached hydrogens (tertiary/aromatic N) is 1. The first-order chi connectivity index (χ1) is 12.7. The van der Waals surface area contributed by atoms with E-state index in [0.717, 1.165) is 41.9 Å². The van der Waals surface area contributed by atoms with E-state index >= 15 is 0 Å². The highest BCUT2D eigenvalue weighted by atomic mass is 16.6. The van der Waals surface area contributed by atoms with Gasteiger partial charge in [-0.25, -0.2) is 4.79 Å². The van der Waals surface area contributed by atoms with Gasteiger partial charge in [0, 0.05) is 6.54 Å². The van der Waals surface area contributed by atoms with Gasteiger partial charge in [-0.05, 0) is 37.0 Å². The van der Waals surface area contributed by atoms with E-state index in [1.165, 1.54) is 0 Å². The van der Waals surface area contributed by atoms with Gasteiger partial charge in [-0.2, -0.15) is 0 Å². The molecule has 0 aliphatic carbocycles. The van der Waals surface area contributed by atoms with Gasteiger partial charge < -0.3 is 19.1 Å². The lowest BCUT2D eigenvalue weighted by Gasteiger charge is -2.36. The number of amides is 1. The quantitative estimate of drug-likeness (QED) is 0.788. The van der Waals surface area contributed by atoms with Gasteiger partial charge in [0.1, 0.15) is 18.1 Å². The lowest BCUT2D eigenvalue weighted by atomic mass is 9.94. The van der Waals surface area contributed by atoms with E-state index < -0.39 is 0 Å². The van der Waals surface area contributed by atoms with Crippen molar-refractivity contribution in [2.75, 3.05) is 20.8 Å². The molecule has 0 radical (unpaired) electrons. The molecule has 138 valence electrons. The van der Waals surface area contributed by atoms with Gasteiger partial charge in [-0.3, -0.25) is 0 Å². The molecule has 0 spiro atoms. The van der Waals surface area contributed by atoms with Crippen LogP contribution >= 0.6 is 0 Å². The van der Waals surface area contributed by atoms with Crippen molar-refractivity contribution in [3.8, 4) is 11.5 Å². The third kappa shape index (κ3) is 3.93. The Morgan fingerprint density at radius 1 is 1.00 bits per heavy atom. The summed E-state index contributed by atoms with van der Waals surface area (Å²) in [5, 5.41) is 0. The molecular weight excluding hydrogens is 330 g/mol. The standard InChI is InChI=1S/C21H25NO4/c1-24-18-12-8-13-19(25-2)20(18)17-11-6-7-14-22(17)21(23)26-15-16-9-4-3-5-10-16/h3-5,8-10,12-13,17H,6-7,11,14-15H2,1-2H3. The van der Waals surface area contributed by atoms with Crippen molar-refractivity contribution in [2.24, 2.45) is 0 Å². The molecule has 1 aliphatic heterocycles. The second kappa shape index (κ2) is 8.61. The molecule has 3 rings (SSSR count). The number of ether oxygens (including phenoxy) is 3. The van der Waals surface area contributed by atoms with Crippen LogP contribution in [-0.4, -0.2) is 31.8 Å². The summed E-state index contributed by atoms with van der Waals surface area (Å²) in [6.45, 7) is 0.936. The largest absolute Gasteiger partial charge is 0.496 e. The van der Waals surface area contributed by atoms with Gasteiger partial charge in [0.25, 0.3) is 0 Å². The van der Waals surface area contributed by atoms with E-state index in [0.29, 0.717) is 6.54 Å². The van der Waals surface area contributed by atoms with Crippen LogP contribution in [0, 0.1) is 0 Å². The first-order valence-electron chi connectivity index (χ1n) is 8.92. The summed E-state index contributed by atoms with van der Waals surface area (Å²) in [5.74, 6) is 1.47. The maximum atomic E-state index is 12.8. The van der Waals surface area contributed by atoms with Crippen LogP contribution in [0.1, 0.15) is 36.4 Å². The fourth-order valence-corrected chi connectivity index (χ4v) is 3.46. The molecule has 0 N–H and O–H groups in total. The Morgan fingerprint density at radius 3 is 2.35 bits per heavy atom. The normalized spacial score (nSPS) is 16.8. The first kappa shape index (κ1) is 18.1. The van der Waals surface area contributed by atoms with E-state index in [1.807, 2.05) is 48.5 Å². The molecule has 2 aromatic rings. The number of rotatable bonds is 5. The molecule has 0 saturated carbocycles. The molecule has 1 fully saturated rings. The molecule has 1 unspecified atom stereocenters. The Kier molecular flexibility index (Phi) is 6.00. The van der Waals surface area contributed by atoms with Crippen LogP contribution in [0.3, 0.4) is 0 Å². The second-order valence-electron chi connectivity index (χ2n) is 6.32. The SMILES string of the molecule is COc1cccc(OC)c1C1CCCCN1C(=O)OCc1ccccc1. The van der Waals surface area contributed by atoms with Gasteiger partial charge >= 0.3 is 6.09 Å². The van der Waals surface area contributed by atoms with E-state index in [2.05, 4.69) is 0 Å². The van der Waals surface area contributed by atoms with Crippen molar-refractivity contribution in [3.63, 3.8) is 0 Å². The Bertz CT molecular complexity index is 710. The number of methoxy groups -OCH3 is 2. The maximum absolute atomic E-state index is 12.8. The molecule has 2 aromatic carbocycles. The van der Waals surface area contributed by atoms with E-state index in [4.69, 9.17) is 14.2 Å². The third-order valence-corrected chi connectivity index (χ3v) is 4.74. The lowest BCUT2D eigenvalue weighted by Crippen LogP contribution is -2.39. The number of hydrogen-bond acceptors (Lipinski definition) is 4. The minimum absolute atomic E-state index is 0.113. The molecule has 5 nitrogen and oxygen atoms in total. The molecule has 0 bridgehead atoms. The van der Waals surface area contributed by atoms with Crippen LogP contribution in [0.15, 0.2) is 48.5 Å². The van der Waals surface area contributed by atoms with Crippen LogP contribution in [0.4, 0.5) is 4.79 Å². The minimum Gasteiger partial charge on any atom is -0.496 e. The average Bonchev–Trinajstić information content (AvgIpc) is 2.72. The summed E-state index contributed by atoms with van der Waals surface area (Å²) in [7, 11) is 3.28. The highest BCUT2D eigenvalue weighted by Gasteiger charge is 2.33. The molecule has 5 heteroatoms. The van der Waals surface area contributed by atoms with E-state index in [9.17, 15) is 4.79 Å². The molecule has 1 saturated heterocycles. The predicted octanol–water partition coefficient (Wildman–Crippen LogP) is 4.57. The zero-order valence-electron chi connectivity index (χ0n) is 15.3. The Morgan fingerprint density at radius 2 is 1.69 bits per heavy atom. The van der Waals surface area contributed by atoms with Gasteiger partial charge in [-0.1, -0.05) is 36.4 Å². The average molecular weight is 355 g/mol. The number of likely N-dealkylation sites (tertiary alicyclic amines) is 1. The van der Waals surface area contributed by atoms with Crippen molar-refractivity contribution in [1.29, 1.82) is 0 Å². The third-order valence-electron chi connectivity index (χ3n) is 4.74. The number of hydrogen-bond donors (Lipinski definition) is 0. The summed E-state index contributed by atoms with van der Waals surface area (Å²) in [4.78, 5) is 14.6. The molecule has 1 heterocycles. The van der Waals surface area contributed by atoms with Crippen molar-refractivity contribution in [3.05, 3.63) is 59.7 Å². The molecule has 26 heavy (non-hydrogen) atoms. The van der Waals surface area contributed by atoms with Crippen molar-refractivity contribution < 1.29 is 19.0 Å². The van der Waals surface area contributed by atoms with Crippen LogP contribution in [0.5, 0.6) is 11.5 Å². The summed E-state index contributed by atoms with van der Waals surface area (Å²) < 4.78 is 16.7. The molecular formula is C21H25NO4. The topological polar surface area (TPSA) is 48.0 Å². The minimum atomic E-state index is -0.300. The monoisotopic (exact) mass is 355 g/mol. The fraction of sp³-hybridized carbons (Fsp3) is 0.381. The predicted molar refractivity (Wildman–Crippen MR) is 99.5 cm³/mol. The maximum Gasteiger partial charge on any atom is 0.410 e. The lowest BCUT2D eigenvalue weighted by molar-refractivity contribution is 0.0667. The van der Waals surface area contributed by atoms with Crippen molar-refractivity contribution in [2.45, 2.75) is 31.9 Å². The van der Waals surface area contributed by atoms with Gasteiger partial charge in [-0.15, -0.1) is 0 Å². The molecule has 1 amide bonds. The summed E-state index contributed by atoms with van der Waals surface area (Å²) >= 11 is 0. The zero-order chi connectivity index (χ0) is 18.4. The van der Waals surface area contributed by atoms with E-state index in [-0.39, 0.29) is 18.7 Å². The Hall–Kier alpha value is -2.69. The second-order valence-corrected chi connectivity index (χ2v) is 6.32. The molecule has 1 aliphatic rings. The van der Waals surface area contributed by atoms with Crippen LogP contribution in [0.2, 0.25) is 0 Å². The van der Waals surface area contributed by atoms with Crippen LogP contribution in [-0.2, 0) is 11.3 Å². The van der Waals surface area contributed by atoms with Gasteiger partial charge in [0.15, 0.2) is 0 Å². The summed E-state index contributed by atoms with van der Waals surface area (Å²) in [6, 6.07) is 15.3. The number of carbonyl (C=O) groups is 1. The van der Waals surface area contributed by atoms with Crippen LogP contribution < -0.4 is 9.47 Å². The molecule has 1 atom stereocenters. The molecule has 0 aromatic heterocycles. The Labute approximate surface area is 154 Å². The Balaban J connectivity index is 1.81. The van der Waals surface area contributed by atoms with Gasteiger partial charge in [0.2, 0.25) is 0 Å². The van der Waals surface area contributed by atoms with Crippen molar-refractivity contribution >= 4 is 6.09 Å². The van der Waals surface area contributed by atoms with Crippen LogP contribution in [0.25, 0.3) is 0 Å². The number of piperidine rings is 1. The summed E-state index contributed by atoms with van der Waals surface area (Å²) in [5.41, 5.74) is 1.89. The van der Waals surface area contributed by atoms with Crippen molar-refractivity contribution in [1.82, 2.24) is 4.90 Å². The fourth-order valence-electron chi connectivity index (χ4n) is 3.46. The van der Waals surface area contributed by atoms with E-state index in [1.54, 1.807) is 19.1 Å². The first-order valence-corrected chi connectivity index (χ1v) is 8.92. The zero-order valence-corrected chi connectivity index (χ0v) is 15.3. The number of benzene rings is 2.